The van der Waals surface area contributed by atoms with Gasteiger partial charge in [-0.15, -0.1) is 12.4 Å². The summed E-state index contributed by atoms with van der Waals surface area (Å²) in [5.41, 5.74) is 0. The van der Waals surface area contributed by atoms with E-state index in [2.05, 4.69) is 4.90 Å². The Balaban J connectivity index is 0.00000176. The van der Waals surface area contributed by atoms with Crippen molar-refractivity contribution < 1.29 is 14.1 Å². The maximum absolute atomic E-state index is 12.0. The monoisotopic (exact) mass is 328 g/mol. The van der Waals surface area contributed by atoms with E-state index in [9.17, 15) is 14.9 Å². The van der Waals surface area contributed by atoms with Crippen LogP contribution in [0.15, 0.2) is 16.5 Å². The fourth-order valence-corrected chi connectivity index (χ4v) is 3.59. The summed E-state index contributed by atoms with van der Waals surface area (Å²) in [6, 6.07) is 2.63. The number of Topliss-reactive ketones (excluding diaryl/α,β-unsaturated/α-hetero) is 1. The van der Waals surface area contributed by atoms with E-state index in [-0.39, 0.29) is 29.8 Å². The molecular formula is C15H21ClN2O4. The standard InChI is InChI=1S/C15H20N2O4.ClH/c18-13(14-3-4-15(21-14)17(19)20)6-8-16-7-5-11-1-2-12(9-11)10-16;/h3-4,11-12H,1-2,5-10H2;1H. The lowest BCUT2D eigenvalue weighted by Gasteiger charge is -2.23. The second-order valence-corrected chi connectivity index (χ2v) is 6.20. The second-order valence-electron chi connectivity index (χ2n) is 6.20. The molecule has 1 aromatic heterocycles. The molecule has 22 heavy (non-hydrogen) atoms. The van der Waals surface area contributed by atoms with Crippen LogP contribution in [0.3, 0.4) is 0 Å². The van der Waals surface area contributed by atoms with E-state index in [1.165, 1.54) is 37.8 Å². The quantitative estimate of drug-likeness (QED) is 0.471. The van der Waals surface area contributed by atoms with Gasteiger partial charge in [-0.2, -0.15) is 0 Å². The molecule has 0 amide bonds. The van der Waals surface area contributed by atoms with Gasteiger partial charge in [-0.05, 0) is 43.7 Å². The molecule has 0 spiro atoms. The van der Waals surface area contributed by atoms with E-state index >= 15 is 0 Å². The van der Waals surface area contributed by atoms with Crippen molar-refractivity contribution in [2.75, 3.05) is 19.6 Å². The summed E-state index contributed by atoms with van der Waals surface area (Å²) in [6.45, 7) is 2.87. The van der Waals surface area contributed by atoms with Gasteiger partial charge >= 0.3 is 5.88 Å². The average Bonchev–Trinajstić information content (AvgIpc) is 3.04. The smallest absolute Gasteiger partial charge is 0.397 e. The van der Waals surface area contributed by atoms with Gasteiger partial charge in [-0.3, -0.25) is 14.9 Å². The molecule has 0 radical (unpaired) electrons. The van der Waals surface area contributed by atoms with Crippen LogP contribution >= 0.6 is 12.4 Å². The van der Waals surface area contributed by atoms with Crippen LogP contribution in [-0.4, -0.2) is 35.2 Å². The molecule has 1 aliphatic heterocycles. The van der Waals surface area contributed by atoms with Crippen molar-refractivity contribution in [3.8, 4) is 0 Å². The second kappa shape index (κ2) is 7.24. The van der Waals surface area contributed by atoms with Crippen LogP contribution in [-0.2, 0) is 0 Å². The summed E-state index contributed by atoms with van der Waals surface area (Å²) in [5, 5.41) is 10.5. The molecule has 7 heteroatoms. The highest BCUT2D eigenvalue weighted by Crippen LogP contribution is 2.36. The van der Waals surface area contributed by atoms with Gasteiger partial charge in [-0.1, -0.05) is 6.42 Å². The summed E-state index contributed by atoms with van der Waals surface area (Å²) in [6.07, 6.45) is 5.63. The molecular weight excluding hydrogens is 308 g/mol. The van der Waals surface area contributed by atoms with Crippen LogP contribution in [0.25, 0.3) is 0 Å². The third-order valence-corrected chi connectivity index (χ3v) is 4.72. The zero-order valence-corrected chi connectivity index (χ0v) is 13.2. The number of carbonyl (C=O) groups excluding carboxylic acids is 1. The zero-order chi connectivity index (χ0) is 14.8. The van der Waals surface area contributed by atoms with E-state index in [0.717, 1.165) is 31.5 Å². The number of furan rings is 1. The molecule has 122 valence electrons. The predicted molar refractivity (Wildman–Crippen MR) is 83.4 cm³/mol. The summed E-state index contributed by atoms with van der Waals surface area (Å²) in [4.78, 5) is 24.3. The third kappa shape index (κ3) is 3.87. The van der Waals surface area contributed by atoms with Gasteiger partial charge in [0.15, 0.2) is 11.5 Å². The molecule has 2 unspecified atom stereocenters. The number of hydrogen-bond donors (Lipinski definition) is 0. The highest BCUT2D eigenvalue weighted by molar-refractivity contribution is 5.93. The molecule has 0 N–H and O–H groups in total. The van der Waals surface area contributed by atoms with Gasteiger partial charge in [0.1, 0.15) is 4.92 Å². The molecule has 6 nitrogen and oxygen atoms in total. The number of nitro groups is 1. The van der Waals surface area contributed by atoms with Crippen molar-refractivity contribution in [1.29, 1.82) is 0 Å². The predicted octanol–water partition coefficient (Wildman–Crippen LogP) is 3.30. The van der Waals surface area contributed by atoms with Crippen LogP contribution < -0.4 is 0 Å². The van der Waals surface area contributed by atoms with Crippen LogP contribution in [0.1, 0.15) is 42.7 Å². The number of fused-ring (bicyclic) bond motifs is 2. The van der Waals surface area contributed by atoms with Crippen LogP contribution in [0.5, 0.6) is 0 Å². The Morgan fingerprint density at radius 1 is 1.32 bits per heavy atom. The maximum Gasteiger partial charge on any atom is 0.433 e. The first-order valence-corrected chi connectivity index (χ1v) is 7.61. The van der Waals surface area contributed by atoms with E-state index < -0.39 is 4.92 Å². The van der Waals surface area contributed by atoms with Crippen molar-refractivity contribution >= 4 is 24.1 Å². The first kappa shape index (κ1) is 17.0. The Bertz CT molecular complexity index is 545. The van der Waals surface area contributed by atoms with Gasteiger partial charge in [0.25, 0.3) is 0 Å². The number of ketones is 1. The molecule has 1 saturated carbocycles. The number of carbonyl (C=O) groups is 1. The number of hydrogen-bond acceptors (Lipinski definition) is 5. The summed E-state index contributed by atoms with van der Waals surface area (Å²) >= 11 is 0. The van der Waals surface area contributed by atoms with Gasteiger partial charge in [0.05, 0.1) is 6.07 Å². The molecule has 2 atom stereocenters. The number of halogens is 1. The molecule has 1 aromatic rings. The van der Waals surface area contributed by atoms with Crippen LogP contribution in [0.2, 0.25) is 0 Å². The first-order chi connectivity index (χ1) is 10.1. The van der Waals surface area contributed by atoms with Gasteiger partial charge in [-0.25, -0.2) is 0 Å². The summed E-state index contributed by atoms with van der Waals surface area (Å²) < 4.78 is 4.95. The number of likely N-dealkylation sites (tertiary alicyclic amines) is 1. The Kier molecular flexibility index (Phi) is 5.58. The molecule has 2 aliphatic rings. The fraction of sp³-hybridized carbons (Fsp3) is 0.667. The Labute approximate surface area is 135 Å². The topological polar surface area (TPSA) is 76.6 Å². The summed E-state index contributed by atoms with van der Waals surface area (Å²) in [7, 11) is 0. The largest absolute Gasteiger partial charge is 0.433 e. The molecule has 1 aliphatic carbocycles. The third-order valence-electron chi connectivity index (χ3n) is 4.72. The van der Waals surface area contributed by atoms with Crippen molar-refractivity contribution in [3.63, 3.8) is 0 Å². The van der Waals surface area contributed by atoms with E-state index in [1.807, 2.05) is 0 Å². The maximum atomic E-state index is 12.0. The minimum atomic E-state index is -0.623. The van der Waals surface area contributed by atoms with Crippen molar-refractivity contribution in [3.05, 3.63) is 28.0 Å². The lowest BCUT2D eigenvalue weighted by Crippen LogP contribution is -2.31. The van der Waals surface area contributed by atoms with Gasteiger partial charge in [0, 0.05) is 19.5 Å². The van der Waals surface area contributed by atoms with Crippen molar-refractivity contribution in [2.45, 2.75) is 32.1 Å². The molecule has 0 aromatic carbocycles. The van der Waals surface area contributed by atoms with Crippen molar-refractivity contribution in [2.24, 2.45) is 11.8 Å². The Hall–Kier alpha value is -1.40. The van der Waals surface area contributed by atoms with Gasteiger partial charge < -0.3 is 9.32 Å². The van der Waals surface area contributed by atoms with Crippen LogP contribution in [0, 0.1) is 22.0 Å². The zero-order valence-electron chi connectivity index (χ0n) is 12.4. The van der Waals surface area contributed by atoms with Crippen LogP contribution in [0.4, 0.5) is 5.88 Å². The summed E-state index contributed by atoms with van der Waals surface area (Å²) in [5.74, 6) is 1.24. The molecule has 2 fully saturated rings. The van der Waals surface area contributed by atoms with Gasteiger partial charge in [0.2, 0.25) is 0 Å². The highest BCUT2D eigenvalue weighted by atomic mass is 35.5. The fourth-order valence-electron chi connectivity index (χ4n) is 3.59. The van der Waals surface area contributed by atoms with Crippen molar-refractivity contribution in [1.82, 2.24) is 4.90 Å². The first-order valence-electron chi connectivity index (χ1n) is 7.61. The minimum absolute atomic E-state index is 0. The molecule has 1 saturated heterocycles. The lowest BCUT2D eigenvalue weighted by molar-refractivity contribution is -0.402. The SMILES string of the molecule is Cl.O=C(CCN1CCC2CCC(C2)C1)c1ccc([N+](=O)[O-])o1. The van der Waals surface area contributed by atoms with E-state index in [1.54, 1.807) is 0 Å². The number of rotatable bonds is 5. The van der Waals surface area contributed by atoms with E-state index in [0.29, 0.717) is 6.42 Å². The normalized spacial score (nSPS) is 24.5. The minimum Gasteiger partial charge on any atom is -0.397 e. The van der Waals surface area contributed by atoms with E-state index in [4.69, 9.17) is 4.42 Å². The Morgan fingerprint density at radius 2 is 2.09 bits per heavy atom. The lowest BCUT2D eigenvalue weighted by atomic mass is 10.0. The average molecular weight is 329 g/mol. The number of nitrogens with zero attached hydrogens (tertiary/aromatic N) is 2. The Morgan fingerprint density at radius 3 is 2.82 bits per heavy atom. The molecule has 3 rings (SSSR count). The molecule has 2 heterocycles. The molecule has 2 bridgehead atoms. The highest BCUT2D eigenvalue weighted by Gasteiger charge is 2.30.